The van der Waals surface area contributed by atoms with E-state index >= 15 is 0 Å². The van der Waals surface area contributed by atoms with Gasteiger partial charge in [-0.25, -0.2) is 9.97 Å². The summed E-state index contributed by atoms with van der Waals surface area (Å²) in [4.78, 5) is 19.5. The minimum absolute atomic E-state index is 0.0609. The first-order chi connectivity index (χ1) is 15.6. The van der Waals surface area contributed by atoms with Crippen molar-refractivity contribution in [3.05, 3.63) is 95.9 Å². The second-order valence-electron chi connectivity index (χ2n) is 8.01. The van der Waals surface area contributed by atoms with Gasteiger partial charge in [-0.2, -0.15) is 0 Å². The number of fused-ring (bicyclic) bond motifs is 6. The molecule has 0 spiro atoms. The van der Waals surface area contributed by atoms with Crippen LogP contribution in [0.25, 0.3) is 32.4 Å². The first-order valence-corrected chi connectivity index (χ1v) is 10.6. The summed E-state index contributed by atoms with van der Waals surface area (Å²) in [7, 11) is 0. The molecule has 5 nitrogen and oxygen atoms in total. The number of aryl methyl sites for hydroxylation is 1. The highest BCUT2D eigenvalue weighted by Crippen LogP contribution is 2.32. The van der Waals surface area contributed by atoms with Crippen molar-refractivity contribution in [1.29, 1.82) is 5.41 Å². The molecule has 0 atom stereocenters. The smallest absolute Gasteiger partial charge is 0.137 e. The number of Topliss-reactive ketones (excluding diaryl/α,β-unsaturated/α-hetero) is 1. The van der Waals surface area contributed by atoms with Crippen LogP contribution in [0.1, 0.15) is 23.1 Å². The predicted octanol–water partition coefficient (Wildman–Crippen LogP) is 4.96. The summed E-state index contributed by atoms with van der Waals surface area (Å²) in [6, 6.07) is 22.6. The summed E-state index contributed by atoms with van der Waals surface area (Å²) in [6.45, 7) is 0. The summed E-state index contributed by atoms with van der Waals surface area (Å²) in [5, 5.41) is 13.4. The molecule has 1 heterocycles. The summed E-state index contributed by atoms with van der Waals surface area (Å²) in [5.41, 5.74) is 9.50. The van der Waals surface area contributed by atoms with E-state index in [1.165, 1.54) is 39.0 Å². The molecule has 1 aliphatic rings. The Balaban J connectivity index is 0.000000146. The number of carbonyl (C=O) groups is 1. The van der Waals surface area contributed by atoms with Gasteiger partial charge in [0.15, 0.2) is 0 Å². The van der Waals surface area contributed by atoms with Gasteiger partial charge >= 0.3 is 0 Å². The molecule has 0 aliphatic heterocycles. The molecular weight excluding hydrogens is 396 g/mol. The number of amidine groups is 1. The number of aromatic nitrogens is 2. The van der Waals surface area contributed by atoms with Crippen molar-refractivity contribution in [2.75, 3.05) is 0 Å². The molecular formula is C27H22N4O. The van der Waals surface area contributed by atoms with Crippen LogP contribution in [0, 0.1) is 5.41 Å². The van der Waals surface area contributed by atoms with Crippen LogP contribution in [0.2, 0.25) is 0 Å². The van der Waals surface area contributed by atoms with Crippen molar-refractivity contribution in [3.8, 4) is 0 Å². The lowest BCUT2D eigenvalue weighted by atomic mass is 9.86. The lowest BCUT2D eigenvalue weighted by Gasteiger charge is -2.18. The van der Waals surface area contributed by atoms with Gasteiger partial charge in [0.05, 0.1) is 5.52 Å². The molecule has 4 aromatic carbocycles. The maximum Gasteiger partial charge on any atom is 0.137 e. The fourth-order valence-corrected chi connectivity index (χ4v) is 4.37. The van der Waals surface area contributed by atoms with Crippen molar-refractivity contribution in [2.45, 2.75) is 19.3 Å². The number of nitrogens with one attached hydrogen (secondary N) is 1. The van der Waals surface area contributed by atoms with Crippen LogP contribution < -0.4 is 5.73 Å². The van der Waals surface area contributed by atoms with Crippen LogP contribution in [0.3, 0.4) is 0 Å². The molecule has 32 heavy (non-hydrogen) atoms. The standard InChI is InChI=1S/C18H14O.C9H8N4/c19-14-7-10-16-13(11-14)6-9-17-15-4-2-1-3-12(15)5-8-18(16)17;10-9(11)6-1-2-8-7(3-6)4-12-5-13-8/h1-6,8-9H,7,10-11H2;1-5H,(H3,10,11). The van der Waals surface area contributed by atoms with E-state index in [0.717, 1.165) is 17.3 Å². The molecule has 0 saturated heterocycles. The fraction of sp³-hybridized carbons (Fsp3) is 0.111. The second-order valence-corrected chi connectivity index (χ2v) is 8.01. The first kappa shape index (κ1) is 19.8. The molecule has 0 saturated carbocycles. The molecule has 3 N–H and O–H groups in total. The van der Waals surface area contributed by atoms with Gasteiger partial charge < -0.3 is 5.73 Å². The number of nitrogens with two attached hydrogens (primary N) is 1. The summed E-state index contributed by atoms with van der Waals surface area (Å²) in [6.07, 6.45) is 5.39. The summed E-state index contributed by atoms with van der Waals surface area (Å²) in [5.74, 6) is 0.429. The molecule has 5 heteroatoms. The largest absolute Gasteiger partial charge is 0.384 e. The normalized spacial score (nSPS) is 12.9. The number of hydrogen-bond acceptors (Lipinski definition) is 4. The van der Waals surface area contributed by atoms with E-state index in [-0.39, 0.29) is 5.84 Å². The monoisotopic (exact) mass is 418 g/mol. The zero-order chi connectivity index (χ0) is 22.1. The topological polar surface area (TPSA) is 92.7 Å². The van der Waals surface area contributed by atoms with Gasteiger partial charge in [0.25, 0.3) is 0 Å². The third-order valence-electron chi connectivity index (χ3n) is 5.99. The quantitative estimate of drug-likeness (QED) is 0.228. The Bertz CT molecular complexity index is 1510. The summed E-state index contributed by atoms with van der Waals surface area (Å²) < 4.78 is 0. The average Bonchev–Trinajstić information content (AvgIpc) is 2.83. The van der Waals surface area contributed by atoms with Crippen LogP contribution in [0.5, 0.6) is 0 Å². The molecule has 6 rings (SSSR count). The maximum atomic E-state index is 11.6. The Morgan fingerprint density at radius 2 is 1.72 bits per heavy atom. The number of benzene rings is 4. The van der Waals surface area contributed by atoms with Crippen LogP contribution >= 0.6 is 0 Å². The van der Waals surface area contributed by atoms with Crippen LogP contribution in [-0.2, 0) is 17.6 Å². The molecule has 156 valence electrons. The van der Waals surface area contributed by atoms with Crippen LogP contribution in [0.15, 0.2) is 79.3 Å². The highest BCUT2D eigenvalue weighted by Gasteiger charge is 2.18. The summed E-state index contributed by atoms with van der Waals surface area (Å²) >= 11 is 0. The highest BCUT2D eigenvalue weighted by atomic mass is 16.1. The van der Waals surface area contributed by atoms with E-state index in [2.05, 4.69) is 58.5 Å². The van der Waals surface area contributed by atoms with Crippen LogP contribution in [0.4, 0.5) is 0 Å². The molecule has 5 aromatic rings. The van der Waals surface area contributed by atoms with Crippen molar-refractivity contribution < 1.29 is 4.79 Å². The van der Waals surface area contributed by atoms with E-state index in [1.807, 2.05) is 6.07 Å². The van der Waals surface area contributed by atoms with E-state index in [1.54, 1.807) is 18.3 Å². The minimum Gasteiger partial charge on any atom is -0.384 e. The van der Waals surface area contributed by atoms with Gasteiger partial charge in [-0.3, -0.25) is 10.2 Å². The number of nitrogens with zero attached hydrogens (tertiary/aromatic N) is 2. The molecule has 0 radical (unpaired) electrons. The molecule has 0 unspecified atom stereocenters. The molecule has 0 bridgehead atoms. The van der Waals surface area contributed by atoms with Gasteiger partial charge in [-0.1, -0.05) is 48.5 Å². The maximum absolute atomic E-state index is 11.6. The molecule has 1 aromatic heterocycles. The molecule has 0 amide bonds. The Morgan fingerprint density at radius 3 is 2.59 bits per heavy atom. The van der Waals surface area contributed by atoms with Crippen molar-refractivity contribution >= 4 is 44.1 Å². The number of carbonyl (C=O) groups excluding carboxylic acids is 1. The Kier molecular flexibility index (Phi) is 5.07. The zero-order valence-electron chi connectivity index (χ0n) is 17.5. The fourth-order valence-electron chi connectivity index (χ4n) is 4.37. The lowest BCUT2D eigenvalue weighted by Crippen LogP contribution is -2.13. The molecule has 1 aliphatic carbocycles. The lowest BCUT2D eigenvalue weighted by molar-refractivity contribution is -0.118. The van der Waals surface area contributed by atoms with Crippen molar-refractivity contribution in [3.63, 3.8) is 0 Å². The van der Waals surface area contributed by atoms with Gasteiger partial charge in [0.2, 0.25) is 0 Å². The van der Waals surface area contributed by atoms with E-state index < -0.39 is 0 Å². The van der Waals surface area contributed by atoms with E-state index in [0.29, 0.717) is 24.2 Å². The first-order valence-electron chi connectivity index (χ1n) is 10.6. The van der Waals surface area contributed by atoms with E-state index in [9.17, 15) is 4.79 Å². The number of ketones is 1. The highest BCUT2D eigenvalue weighted by molar-refractivity contribution is 6.09. The minimum atomic E-state index is 0.0609. The predicted molar refractivity (Wildman–Crippen MR) is 129 cm³/mol. The van der Waals surface area contributed by atoms with Crippen molar-refractivity contribution in [2.24, 2.45) is 5.73 Å². The zero-order valence-corrected chi connectivity index (χ0v) is 17.5. The van der Waals surface area contributed by atoms with Gasteiger partial charge in [0.1, 0.15) is 17.9 Å². The number of rotatable bonds is 1. The van der Waals surface area contributed by atoms with Gasteiger partial charge in [-0.15, -0.1) is 0 Å². The van der Waals surface area contributed by atoms with Crippen molar-refractivity contribution in [1.82, 2.24) is 9.97 Å². The Morgan fingerprint density at radius 1 is 0.875 bits per heavy atom. The average molecular weight is 419 g/mol. The van der Waals surface area contributed by atoms with Gasteiger partial charge in [0, 0.05) is 30.0 Å². The van der Waals surface area contributed by atoms with Crippen LogP contribution in [-0.4, -0.2) is 21.6 Å². The Hall–Kier alpha value is -4.12. The number of nitrogen functional groups attached to an aromatic ring is 1. The Labute approximate surface area is 185 Å². The third kappa shape index (κ3) is 3.69. The third-order valence-corrected chi connectivity index (χ3v) is 5.99. The molecule has 0 fully saturated rings. The van der Waals surface area contributed by atoms with E-state index in [4.69, 9.17) is 11.1 Å². The SMILES string of the molecule is N=C(N)c1ccc2ncncc2c1.O=C1CCc2c(ccc3c2ccc2ccccc23)C1. The van der Waals surface area contributed by atoms with Gasteiger partial charge in [-0.05, 0) is 57.3 Å². The second kappa shape index (κ2) is 8.19. The number of hydrogen-bond donors (Lipinski definition) is 2.